The summed E-state index contributed by atoms with van der Waals surface area (Å²) < 4.78 is 5.51. The van der Waals surface area contributed by atoms with Gasteiger partial charge >= 0.3 is 0 Å². The summed E-state index contributed by atoms with van der Waals surface area (Å²) in [4.78, 5) is 10.2. The molecule has 0 amide bonds. The minimum atomic E-state index is 0.785. The third kappa shape index (κ3) is 3.13. The van der Waals surface area contributed by atoms with Gasteiger partial charge in [0, 0.05) is 42.8 Å². The van der Waals surface area contributed by atoms with Crippen LogP contribution in [0.1, 0.15) is 22.5 Å². The van der Waals surface area contributed by atoms with Gasteiger partial charge in [0.2, 0.25) is 0 Å². The summed E-state index contributed by atoms with van der Waals surface area (Å²) in [5.74, 6) is 0.785. The summed E-state index contributed by atoms with van der Waals surface area (Å²) in [5.41, 5.74) is 7.43. The zero-order valence-electron chi connectivity index (χ0n) is 14.8. The second kappa shape index (κ2) is 6.40. The predicted molar refractivity (Wildman–Crippen MR) is 101 cm³/mol. The summed E-state index contributed by atoms with van der Waals surface area (Å²) in [7, 11) is 5.75. The molecule has 3 rings (SSSR count). The van der Waals surface area contributed by atoms with Crippen LogP contribution in [0.4, 0.5) is 5.69 Å². The molecule has 124 valence electrons. The maximum Gasteiger partial charge on any atom is 0.146 e. The number of anilines is 1. The minimum absolute atomic E-state index is 0.785. The molecule has 0 saturated heterocycles. The first-order valence-electron chi connectivity index (χ1n) is 7.98. The number of nitrogens with zero attached hydrogens (tertiary/aromatic N) is 2. The Labute approximate surface area is 143 Å². The molecule has 4 nitrogen and oxygen atoms in total. The Kier molecular flexibility index (Phi) is 4.30. The molecule has 2 heterocycles. The van der Waals surface area contributed by atoms with Crippen LogP contribution in [0.15, 0.2) is 52.9 Å². The number of aryl methyl sites for hydroxylation is 2. The van der Waals surface area contributed by atoms with E-state index >= 15 is 0 Å². The molecule has 1 aromatic carbocycles. The molecule has 0 spiro atoms. The van der Waals surface area contributed by atoms with Crippen LogP contribution in [0.3, 0.4) is 0 Å². The molecule has 2 aromatic rings. The molecule has 1 aliphatic heterocycles. The smallest absolute Gasteiger partial charge is 0.146 e. The normalized spacial score (nSPS) is 15.5. The van der Waals surface area contributed by atoms with Crippen molar-refractivity contribution in [2.24, 2.45) is 4.99 Å². The number of rotatable bonds is 4. The fourth-order valence-electron chi connectivity index (χ4n) is 2.80. The first-order chi connectivity index (χ1) is 11.5. The number of nitrogens with one attached hydrogen (secondary N) is 1. The Morgan fingerprint density at radius 2 is 1.83 bits per heavy atom. The standard InChI is InChI=1S/C20H23N3O/c1-13-10-14(2)21-17(13)11-19-20(24-5)12-18(22-19)15-6-8-16(9-7-15)23(3)4/h6-12,21H,1-5H3/b19-11-. The van der Waals surface area contributed by atoms with Gasteiger partial charge in [0.15, 0.2) is 0 Å². The largest absolute Gasteiger partial charge is 0.494 e. The van der Waals surface area contributed by atoms with Gasteiger partial charge in [-0.1, -0.05) is 12.1 Å². The summed E-state index contributed by atoms with van der Waals surface area (Å²) in [5, 5.41) is 0. The second-order valence-electron chi connectivity index (χ2n) is 6.23. The predicted octanol–water partition coefficient (Wildman–Crippen LogP) is 4.07. The van der Waals surface area contributed by atoms with Crippen molar-refractivity contribution in [3.63, 3.8) is 0 Å². The van der Waals surface area contributed by atoms with Gasteiger partial charge in [0.25, 0.3) is 0 Å². The summed E-state index contributed by atoms with van der Waals surface area (Å²) >= 11 is 0. The van der Waals surface area contributed by atoms with Crippen molar-refractivity contribution < 1.29 is 4.74 Å². The number of allylic oxidation sites excluding steroid dienone is 1. The van der Waals surface area contributed by atoms with E-state index in [-0.39, 0.29) is 0 Å². The lowest BCUT2D eigenvalue weighted by Gasteiger charge is -2.12. The fourth-order valence-corrected chi connectivity index (χ4v) is 2.80. The SMILES string of the molecule is COC1=CC(c2ccc(N(C)C)cc2)=N/C1=C\c1[nH]c(C)cc1C. The number of aromatic nitrogens is 1. The van der Waals surface area contributed by atoms with Crippen molar-refractivity contribution in [3.05, 3.63) is 70.4 Å². The van der Waals surface area contributed by atoms with Gasteiger partial charge in [-0.25, -0.2) is 4.99 Å². The number of benzene rings is 1. The molecule has 0 fully saturated rings. The monoisotopic (exact) mass is 321 g/mol. The molecule has 0 radical (unpaired) electrons. The molecule has 0 unspecified atom stereocenters. The minimum Gasteiger partial charge on any atom is -0.494 e. The average Bonchev–Trinajstić information content (AvgIpc) is 3.10. The number of hydrogen-bond donors (Lipinski definition) is 1. The van der Waals surface area contributed by atoms with E-state index in [9.17, 15) is 0 Å². The average molecular weight is 321 g/mol. The maximum atomic E-state index is 5.51. The van der Waals surface area contributed by atoms with Crippen molar-refractivity contribution in [2.45, 2.75) is 13.8 Å². The zero-order chi connectivity index (χ0) is 17.3. The molecule has 0 atom stereocenters. The quantitative estimate of drug-likeness (QED) is 0.922. The Morgan fingerprint density at radius 1 is 1.12 bits per heavy atom. The number of aromatic amines is 1. The third-order valence-electron chi connectivity index (χ3n) is 4.13. The zero-order valence-corrected chi connectivity index (χ0v) is 14.8. The molecule has 1 N–H and O–H groups in total. The van der Waals surface area contributed by atoms with Gasteiger partial charge in [-0.15, -0.1) is 0 Å². The molecule has 0 saturated carbocycles. The second-order valence-corrected chi connectivity index (χ2v) is 6.23. The van der Waals surface area contributed by atoms with Gasteiger partial charge in [0.05, 0.1) is 12.8 Å². The van der Waals surface area contributed by atoms with Crippen LogP contribution in [0.25, 0.3) is 6.08 Å². The van der Waals surface area contributed by atoms with Crippen LogP contribution in [-0.4, -0.2) is 31.9 Å². The van der Waals surface area contributed by atoms with Crippen LogP contribution in [-0.2, 0) is 4.74 Å². The van der Waals surface area contributed by atoms with Crippen molar-refractivity contribution in [3.8, 4) is 0 Å². The molecule has 1 aliphatic rings. The van der Waals surface area contributed by atoms with Crippen LogP contribution < -0.4 is 4.90 Å². The lowest BCUT2D eigenvalue weighted by molar-refractivity contribution is 0.303. The summed E-state index contributed by atoms with van der Waals surface area (Å²) in [6.07, 6.45) is 4.03. The fraction of sp³-hybridized carbons (Fsp3) is 0.250. The van der Waals surface area contributed by atoms with Crippen LogP contribution in [0.5, 0.6) is 0 Å². The number of H-pyrrole nitrogens is 1. The first kappa shape index (κ1) is 16.1. The number of methoxy groups -OCH3 is 1. The molecular formula is C20H23N3O. The van der Waals surface area contributed by atoms with Crippen molar-refractivity contribution in [1.82, 2.24) is 4.98 Å². The van der Waals surface area contributed by atoms with Crippen LogP contribution in [0.2, 0.25) is 0 Å². The highest BCUT2D eigenvalue weighted by molar-refractivity contribution is 6.12. The van der Waals surface area contributed by atoms with Crippen LogP contribution >= 0.6 is 0 Å². The highest BCUT2D eigenvalue weighted by Gasteiger charge is 2.17. The van der Waals surface area contributed by atoms with E-state index in [1.54, 1.807) is 7.11 Å². The molecule has 1 aromatic heterocycles. The number of hydrogen-bond acceptors (Lipinski definition) is 3. The summed E-state index contributed by atoms with van der Waals surface area (Å²) in [6, 6.07) is 10.5. The maximum absolute atomic E-state index is 5.51. The Bertz CT molecular complexity index is 836. The van der Waals surface area contributed by atoms with E-state index in [0.717, 1.165) is 34.1 Å². The molecule has 24 heavy (non-hydrogen) atoms. The van der Waals surface area contributed by atoms with Gasteiger partial charge in [0.1, 0.15) is 11.5 Å². The third-order valence-corrected chi connectivity index (χ3v) is 4.13. The van der Waals surface area contributed by atoms with E-state index in [4.69, 9.17) is 9.73 Å². The lowest BCUT2D eigenvalue weighted by Crippen LogP contribution is -2.08. The van der Waals surface area contributed by atoms with E-state index in [1.807, 2.05) is 26.2 Å². The molecule has 0 aliphatic carbocycles. The lowest BCUT2D eigenvalue weighted by atomic mass is 10.1. The molecule has 0 bridgehead atoms. The van der Waals surface area contributed by atoms with Gasteiger partial charge in [-0.3, -0.25) is 0 Å². The highest BCUT2D eigenvalue weighted by atomic mass is 16.5. The van der Waals surface area contributed by atoms with E-state index in [2.05, 4.69) is 54.1 Å². The Morgan fingerprint density at radius 3 is 2.38 bits per heavy atom. The van der Waals surface area contributed by atoms with Crippen LogP contribution in [0, 0.1) is 13.8 Å². The van der Waals surface area contributed by atoms with E-state index < -0.39 is 0 Å². The number of aliphatic imine (C=N–C) groups is 1. The topological polar surface area (TPSA) is 40.6 Å². The summed E-state index contributed by atoms with van der Waals surface area (Å²) in [6.45, 7) is 4.14. The van der Waals surface area contributed by atoms with Gasteiger partial charge in [-0.05, 0) is 43.7 Å². The van der Waals surface area contributed by atoms with Crippen molar-refractivity contribution >= 4 is 17.5 Å². The first-order valence-corrected chi connectivity index (χ1v) is 7.98. The highest BCUT2D eigenvalue weighted by Crippen LogP contribution is 2.26. The Balaban J connectivity index is 1.95. The van der Waals surface area contributed by atoms with E-state index in [0.29, 0.717) is 0 Å². The van der Waals surface area contributed by atoms with Gasteiger partial charge in [-0.2, -0.15) is 0 Å². The van der Waals surface area contributed by atoms with Gasteiger partial charge < -0.3 is 14.6 Å². The molecule has 4 heteroatoms. The Hall–Kier alpha value is -2.75. The van der Waals surface area contributed by atoms with E-state index in [1.165, 1.54) is 11.3 Å². The number of ether oxygens (including phenoxy) is 1. The van der Waals surface area contributed by atoms with Crippen molar-refractivity contribution in [1.29, 1.82) is 0 Å². The molecular weight excluding hydrogens is 298 g/mol. The van der Waals surface area contributed by atoms with Crippen molar-refractivity contribution in [2.75, 3.05) is 26.1 Å².